The van der Waals surface area contributed by atoms with Crippen molar-refractivity contribution in [3.05, 3.63) is 69.8 Å². The fourth-order valence-electron chi connectivity index (χ4n) is 4.13. The van der Waals surface area contributed by atoms with Gasteiger partial charge >= 0.3 is 5.97 Å². The van der Waals surface area contributed by atoms with Gasteiger partial charge in [0.15, 0.2) is 0 Å². The standard InChI is InChI=1S/C31H47NO3/c1-27(2,3)19-13-20(28(4,5)6)16-23(15-19)31(35,25(32)26(33)34)24-17-21(29(7,8)9)14-22(18-24)30(10,11)12/h13-18,25,35H,32H2,1-12H3,(H,33,34)/t25-/m1/s1. The van der Waals surface area contributed by atoms with Crippen molar-refractivity contribution in [1.29, 1.82) is 0 Å². The van der Waals surface area contributed by atoms with E-state index >= 15 is 0 Å². The quantitative estimate of drug-likeness (QED) is 0.464. The maximum Gasteiger partial charge on any atom is 0.324 e. The Kier molecular flexibility index (Phi) is 7.51. The molecule has 0 aliphatic rings. The van der Waals surface area contributed by atoms with Crippen LogP contribution >= 0.6 is 0 Å². The van der Waals surface area contributed by atoms with Crippen molar-refractivity contribution in [2.75, 3.05) is 0 Å². The van der Waals surface area contributed by atoms with Crippen LogP contribution < -0.4 is 5.73 Å². The summed E-state index contributed by atoms with van der Waals surface area (Å²) in [4.78, 5) is 12.3. The van der Waals surface area contributed by atoms with Crippen molar-refractivity contribution in [3.63, 3.8) is 0 Å². The number of hydrogen-bond acceptors (Lipinski definition) is 3. The van der Waals surface area contributed by atoms with E-state index in [1.807, 2.05) is 24.3 Å². The van der Waals surface area contributed by atoms with Gasteiger partial charge in [-0.2, -0.15) is 0 Å². The molecule has 1 atom stereocenters. The van der Waals surface area contributed by atoms with E-state index in [1.54, 1.807) is 0 Å². The van der Waals surface area contributed by atoms with Crippen LogP contribution in [-0.2, 0) is 32.1 Å². The topological polar surface area (TPSA) is 83.5 Å². The van der Waals surface area contributed by atoms with Crippen LogP contribution in [0.4, 0.5) is 0 Å². The number of carboxylic acid groups (broad SMARTS) is 1. The van der Waals surface area contributed by atoms with Gasteiger partial charge in [0, 0.05) is 0 Å². The Hall–Kier alpha value is -2.17. The summed E-state index contributed by atoms with van der Waals surface area (Å²) >= 11 is 0. The van der Waals surface area contributed by atoms with Gasteiger partial charge in [0.05, 0.1) is 0 Å². The van der Waals surface area contributed by atoms with E-state index in [1.165, 1.54) is 0 Å². The number of nitrogens with two attached hydrogens (primary N) is 1. The Morgan fingerprint density at radius 2 is 0.771 bits per heavy atom. The molecular formula is C31H47NO3. The van der Waals surface area contributed by atoms with Gasteiger partial charge in [-0.1, -0.05) is 119 Å². The van der Waals surface area contributed by atoms with Crippen LogP contribution in [0.1, 0.15) is 116 Å². The zero-order chi connectivity index (χ0) is 27.4. The molecule has 2 aromatic rings. The molecule has 0 amide bonds. The fraction of sp³-hybridized carbons (Fsp3) is 0.581. The highest BCUT2D eigenvalue weighted by Crippen LogP contribution is 2.41. The first-order valence-electron chi connectivity index (χ1n) is 12.5. The molecule has 0 unspecified atom stereocenters. The van der Waals surface area contributed by atoms with Crippen molar-refractivity contribution in [2.45, 2.75) is 116 Å². The molecule has 4 nitrogen and oxygen atoms in total. The van der Waals surface area contributed by atoms with Crippen LogP contribution in [0.25, 0.3) is 0 Å². The minimum atomic E-state index is -1.92. The second-order valence-electron chi connectivity index (χ2n) is 14.2. The molecular weight excluding hydrogens is 434 g/mol. The van der Waals surface area contributed by atoms with E-state index < -0.39 is 17.6 Å². The van der Waals surface area contributed by atoms with Gasteiger partial charge in [0.2, 0.25) is 0 Å². The maximum atomic E-state index is 12.4. The summed E-state index contributed by atoms with van der Waals surface area (Å²) in [6, 6.07) is 10.5. The van der Waals surface area contributed by atoms with E-state index in [2.05, 4.69) is 95.2 Å². The highest BCUT2D eigenvalue weighted by atomic mass is 16.4. The van der Waals surface area contributed by atoms with Gasteiger partial charge in [-0.15, -0.1) is 0 Å². The minimum absolute atomic E-state index is 0.200. The lowest BCUT2D eigenvalue weighted by Crippen LogP contribution is -2.51. The third-order valence-corrected chi connectivity index (χ3v) is 6.93. The van der Waals surface area contributed by atoms with E-state index in [0.29, 0.717) is 11.1 Å². The molecule has 0 fully saturated rings. The Labute approximate surface area is 213 Å². The third-order valence-electron chi connectivity index (χ3n) is 6.93. The molecule has 0 aliphatic carbocycles. The lowest BCUT2D eigenvalue weighted by atomic mass is 9.71. The highest BCUT2D eigenvalue weighted by molar-refractivity contribution is 5.77. The maximum absolute atomic E-state index is 12.4. The highest BCUT2D eigenvalue weighted by Gasteiger charge is 2.44. The molecule has 4 N–H and O–H groups in total. The molecule has 0 radical (unpaired) electrons. The second kappa shape index (κ2) is 9.05. The molecule has 2 rings (SSSR count). The number of aliphatic carboxylic acids is 1. The summed E-state index contributed by atoms with van der Waals surface area (Å²) in [5.74, 6) is -1.25. The molecule has 0 saturated carbocycles. The zero-order valence-electron chi connectivity index (χ0n) is 23.9. The van der Waals surface area contributed by atoms with Gasteiger partial charge in [-0.3, -0.25) is 4.79 Å². The normalized spacial score (nSPS) is 14.7. The van der Waals surface area contributed by atoms with Gasteiger partial charge in [0.1, 0.15) is 11.6 Å². The van der Waals surface area contributed by atoms with E-state index in [-0.39, 0.29) is 21.7 Å². The molecule has 0 saturated heterocycles. The molecule has 0 bridgehead atoms. The smallest absolute Gasteiger partial charge is 0.324 e. The van der Waals surface area contributed by atoms with Crippen LogP contribution in [0.15, 0.2) is 36.4 Å². The monoisotopic (exact) mass is 481 g/mol. The predicted molar refractivity (Wildman–Crippen MR) is 146 cm³/mol. The van der Waals surface area contributed by atoms with Crippen LogP contribution in [0.5, 0.6) is 0 Å². The molecule has 35 heavy (non-hydrogen) atoms. The Morgan fingerprint density at radius 3 is 0.943 bits per heavy atom. The molecule has 0 aliphatic heterocycles. The Bertz CT molecular complexity index is 946. The summed E-state index contributed by atoms with van der Waals surface area (Å²) < 4.78 is 0. The minimum Gasteiger partial charge on any atom is -0.480 e. The molecule has 194 valence electrons. The Balaban J connectivity index is 3.07. The largest absolute Gasteiger partial charge is 0.480 e. The number of aliphatic hydroxyl groups is 1. The van der Waals surface area contributed by atoms with Gasteiger partial charge in [-0.25, -0.2) is 0 Å². The number of rotatable bonds is 4. The summed E-state index contributed by atoms with van der Waals surface area (Å²) in [6.07, 6.45) is 0. The Morgan fingerprint density at radius 1 is 0.571 bits per heavy atom. The average molecular weight is 482 g/mol. The van der Waals surface area contributed by atoms with E-state index in [0.717, 1.165) is 22.3 Å². The predicted octanol–water partition coefficient (Wildman–Crippen LogP) is 6.52. The molecule has 0 heterocycles. The van der Waals surface area contributed by atoms with Crippen LogP contribution in [0.3, 0.4) is 0 Å². The number of carbonyl (C=O) groups is 1. The van der Waals surface area contributed by atoms with Crippen molar-refractivity contribution < 1.29 is 15.0 Å². The van der Waals surface area contributed by atoms with Crippen molar-refractivity contribution in [2.24, 2.45) is 5.73 Å². The first kappa shape index (κ1) is 29.1. The SMILES string of the molecule is CC(C)(C)c1cc(C(C)(C)C)cc(C(O)(c2cc(C(C)(C)C)cc(C(C)(C)C)c2)[C@H](N)C(=O)O)c1. The first-order valence-corrected chi connectivity index (χ1v) is 12.5. The summed E-state index contributed by atoms with van der Waals surface area (Å²) in [7, 11) is 0. The van der Waals surface area contributed by atoms with Crippen molar-refractivity contribution in [1.82, 2.24) is 0 Å². The summed E-state index contributed by atoms with van der Waals surface area (Å²) in [5.41, 5.74) is 8.75. The molecule has 0 aromatic heterocycles. The van der Waals surface area contributed by atoms with Crippen molar-refractivity contribution >= 4 is 5.97 Å². The molecule has 2 aromatic carbocycles. The van der Waals surface area contributed by atoms with Gasteiger partial charge < -0.3 is 15.9 Å². The fourth-order valence-corrected chi connectivity index (χ4v) is 4.13. The first-order chi connectivity index (χ1) is 15.5. The second-order valence-corrected chi connectivity index (χ2v) is 14.2. The van der Waals surface area contributed by atoms with Gasteiger partial charge in [-0.05, 0) is 55.0 Å². The van der Waals surface area contributed by atoms with Gasteiger partial charge in [0.25, 0.3) is 0 Å². The molecule has 0 spiro atoms. The van der Waals surface area contributed by atoms with E-state index in [4.69, 9.17) is 5.73 Å². The van der Waals surface area contributed by atoms with Crippen LogP contribution in [0.2, 0.25) is 0 Å². The number of hydrogen-bond donors (Lipinski definition) is 3. The average Bonchev–Trinajstić information content (AvgIpc) is 2.69. The zero-order valence-corrected chi connectivity index (χ0v) is 23.9. The lowest BCUT2D eigenvalue weighted by Gasteiger charge is -2.37. The lowest BCUT2D eigenvalue weighted by molar-refractivity contribution is -0.144. The summed E-state index contributed by atoms with van der Waals surface area (Å²) in [6.45, 7) is 25.4. The molecule has 4 heteroatoms. The number of benzene rings is 2. The third kappa shape index (κ3) is 6.16. The number of carboxylic acids is 1. The van der Waals surface area contributed by atoms with Crippen LogP contribution in [-0.4, -0.2) is 22.2 Å². The van der Waals surface area contributed by atoms with E-state index in [9.17, 15) is 15.0 Å². The van der Waals surface area contributed by atoms with Crippen LogP contribution in [0, 0.1) is 0 Å². The van der Waals surface area contributed by atoms with Crippen molar-refractivity contribution in [3.8, 4) is 0 Å². The summed E-state index contributed by atoms with van der Waals surface area (Å²) in [5, 5.41) is 22.5.